The minimum absolute atomic E-state index is 0.192. The normalized spacial score (nSPS) is 10.2. The summed E-state index contributed by atoms with van der Waals surface area (Å²) in [5.41, 5.74) is 2.56. The van der Waals surface area contributed by atoms with Crippen LogP contribution in [0.3, 0.4) is 0 Å². The van der Waals surface area contributed by atoms with Gasteiger partial charge in [0, 0.05) is 11.1 Å². The Bertz CT molecular complexity index is 869. The molecule has 5 heteroatoms. The van der Waals surface area contributed by atoms with E-state index >= 15 is 0 Å². The van der Waals surface area contributed by atoms with Crippen molar-refractivity contribution in [2.45, 2.75) is 0 Å². The smallest absolute Gasteiger partial charge is 0.149 e. The molecule has 2 aromatic carbocycles. The summed E-state index contributed by atoms with van der Waals surface area (Å²) >= 11 is 6.13. The van der Waals surface area contributed by atoms with Crippen molar-refractivity contribution in [3.05, 3.63) is 59.2 Å². The van der Waals surface area contributed by atoms with Gasteiger partial charge in [0.2, 0.25) is 0 Å². The van der Waals surface area contributed by atoms with Crippen LogP contribution in [0.2, 0.25) is 5.15 Å². The number of nitrogens with one attached hydrogen (secondary N) is 1. The van der Waals surface area contributed by atoms with E-state index in [0.717, 1.165) is 22.3 Å². The van der Waals surface area contributed by atoms with E-state index < -0.39 is 0 Å². The lowest BCUT2D eigenvalue weighted by atomic mass is 10.1. The van der Waals surface area contributed by atoms with E-state index in [1.54, 1.807) is 7.11 Å². The van der Waals surface area contributed by atoms with Crippen LogP contribution in [0, 0.1) is 11.3 Å². The first-order chi connectivity index (χ1) is 10.7. The Balaban J connectivity index is 2.13. The molecule has 4 nitrogen and oxygen atoms in total. The summed E-state index contributed by atoms with van der Waals surface area (Å²) < 4.78 is 5.14. The molecule has 0 atom stereocenters. The van der Waals surface area contributed by atoms with Gasteiger partial charge in [-0.3, -0.25) is 0 Å². The van der Waals surface area contributed by atoms with Gasteiger partial charge in [0.25, 0.3) is 0 Å². The van der Waals surface area contributed by atoms with E-state index in [1.165, 1.54) is 0 Å². The number of halogens is 1. The van der Waals surface area contributed by atoms with Crippen molar-refractivity contribution >= 4 is 33.9 Å². The van der Waals surface area contributed by atoms with Crippen LogP contribution in [-0.2, 0) is 0 Å². The molecular weight excluding hydrogens is 298 g/mol. The Hall–Kier alpha value is -2.77. The summed E-state index contributed by atoms with van der Waals surface area (Å²) in [6, 6.07) is 17.1. The average molecular weight is 310 g/mol. The number of ether oxygens (including phenoxy) is 1. The van der Waals surface area contributed by atoms with Gasteiger partial charge < -0.3 is 10.1 Å². The number of rotatable bonds is 3. The van der Waals surface area contributed by atoms with Crippen molar-refractivity contribution < 1.29 is 4.74 Å². The van der Waals surface area contributed by atoms with E-state index in [4.69, 9.17) is 16.3 Å². The van der Waals surface area contributed by atoms with Crippen LogP contribution in [0.5, 0.6) is 5.75 Å². The summed E-state index contributed by atoms with van der Waals surface area (Å²) in [5, 5.41) is 13.7. The predicted molar refractivity (Wildman–Crippen MR) is 87.7 cm³/mol. The summed E-state index contributed by atoms with van der Waals surface area (Å²) in [6.45, 7) is 0. The molecule has 0 fully saturated rings. The maximum atomic E-state index is 9.38. The quantitative estimate of drug-likeness (QED) is 0.723. The monoisotopic (exact) mass is 309 g/mol. The minimum atomic E-state index is 0.192. The Morgan fingerprint density at radius 2 is 1.86 bits per heavy atom. The molecule has 0 amide bonds. The molecule has 0 aliphatic heterocycles. The molecule has 1 N–H and O–H groups in total. The van der Waals surface area contributed by atoms with Gasteiger partial charge in [-0.05, 0) is 30.3 Å². The van der Waals surface area contributed by atoms with Crippen LogP contribution in [0.15, 0.2) is 48.5 Å². The molecule has 3 rings (SSSR count). The maximum absolute atomic E-state index is 9.38. The van der Waals surface area contributed by atoms with Crippen LogP contribution >= 0.6 is 11.6 Å². The van der Waals surface area contributed by atoms with Crippen LogP contribution in [0.4, 0.5) is 11.4 Å². The highest BCUT2D eigenvalue weighted by molar-refractivity contribution is 6.31. The Morgan fingerprint density at radius 3 is 2.55 bits per heavy atom. The van der Waals surface area contributed by atoms with Crippen LogP contribution in [0.25, 0.3) is 10.9 Å². The lowest BCUT2D eigenvalue weighted by Crippen LogP contribution is -1.98. The van der Waals surface area contributed by atoms with Gasteiger partial charge in [-0.25, -0.2) is 4.98 Å². The number of methoxy groups -OCH3 is 1. The largest absolute Gasteiger partial charge is 0.497 e. The number of hydrogen-bond acceptors (Lipinski definition) is 4. The number of anilines is 2. The predicted octanol–water partition coefficient (Wildman–Crippen LogP) is 4.51. The molecule has 108 valence electrons. The number of aromatic nitrogens is 1. The standard InChI is InChI=1S/C17H12ClN3O/c1-22-12-8-6-11(7-9-12)20-16-13-4-2-3-5-15(13)21-17(18)14(16)10-19/h2-9H,1H3,(H,20,21). The summed E-state index contributed by atoms with van der Waals surface area (Å²) in [6.07, 6.45) is 0. The number of hydrogen-bond donors (Lipinski definition) is 1. The summed E-state index contributed by atoms with van der Waals surface area (Å²) in [5.74, 6) is 0.767. The lowest BCUT2D eigenvalue weighted by molar-refractivity contribution is 0.415. The third kappa shape index (κ3) is 2.54. The molecule has 0 spiro atoms. The fourth-order valence-electron chi connectivity index (χ4n) is 2.23. The molecular formula is C17H12ClN3O. The fraction of sp³-hybridized carbons (Fsp3) is 0.0588. The second-order valence-corrected chi connectivity index (χ2v) is 4.99. The molecule has 3 aromatic rings. The first-order valence-electron chi connectivity index (χ1n) is 6.62. The van der Waals surface area contributed by atoms with Crippen LogP contribution < -0.4 is 10.1 Å². The molecule has 0 saturated heterocycles. The van der Waals surface area contributed by atoms with E-state index in [2.05, 4.69) is 16.4 Å². The van der Waals surface area contributed by atoms with Crippen molar-refractivity contribution in [2.24, 2.45) is 0 Å². The van der Waals surface area contributed by atoms with Crippen molar-refractivity contribution in [2.75, 3.05) is 12.4 Å². The maximum Gasteiger partial charge on any atom is 0.149 e. The zero-order valence-electron chi connectivity index (χ0n) is 11.8. The first kappa shape index (κ1) is 14.2. The van der Waals surface area contributed by atoms with Gasteiger partial charge in [-0.1, -0.05) is 29.8 Å². The van der Waals surface area contributed by atoms with Crippen molar-refractivity contribution in [3.8, 4) is 11.8 Å². The second kappa shape index (κ2) is 5.92. The minimum Gasteiger partial charge on any atom is -0.497 e. The first-order valence-corrected chi connectivity index (χ1v) is 7.00. The van der Waals surface area contributed by atoms with E-state index in [1.807, 2.05) is 48.5 Å². The molecule has 0 saturated carbocycles. The van der Waals surface area contributed by atoms with Crippen molar-refractivity contribution in [1.29, 1.82) is 5.26 Å². The highest BCUT2D eigenvalue weighted by Crippen LogP contribution is 2.33. The van der Waals surface area contributed by atoms with Gasteiger partial charge >= 0.3 is 0 Å². The van der Waals surface area contributed by atoms with Crippen molar-refractivity contribution in [1.82, 2.24) is 4.98 Å². The van der Waals surface area contributed by atoms with E-state index in [9.17, 15) is 5.26 Å². The van der Waals surface area contributed by atoms with Gasteiger partial charge in [-0.15, -0.1) is 0 Å². The number of nitriles is 1. The third-order valence-electron chi connectivity index (χ3n) is 3.32. The summed E-state index contributed by atoms with van der Waals surface area (Å²) in [4.78, 5) is 4.26. The zero-order chi connectivity index (χ0) is 15.5. The molecule has 1 aromatic heterocycles. The van der Waals surface area contributed by atoms with E-state index in [-0.39, 0.29) is 5.15 Å². The highest BCUT2D eigenvalue weighted by Gasteiger charge is 2.13. The Morgan fingerprint density at radius 1 is 1.14 bits per heavy atom. The average Bonchev–Trinajstić information content (AvgIpc) is 2.55. The van der Waals surface area contributed by atoms with Gasteiger partial charge in [0.15, 0.2) is 0 Å². The van der Waals surface area contributed by atoms with Crippen LogP contribution in [0.1, 0.15) is 5.56 Å². The topological polar surface area (TPSA) is 57.9 Å². The molecule has 0 aliphatic rings. The van der Waals surface area contributed by atoms with Gasteiger partial charge in [0.05, 0.1) is 18.3 Å². The Labute approximate surface area is 132 Å². The number of benzene rings is 2. The molecule has 0 bridgehead atoms. The molecule has 22 heavy (non-hydrogen) atoms. The third-order valence-corrected chi connectivity index (χ3v) is 3.59. The van der Waals surface area contributed by atoms with Crippen LogP contribution in [-0.4, -0.2) is 12.1 Å². The molecule has 0 aliphatic carbocycles. The number of para-hydroxylation sites is 1. The zero-order valence-corrected chi connectivity index (χ0v) is 12.6. The molecule has 0 radical (unpaired) electrons. The number of pyridine rings is 1. The fourth-order valence-corrected chi connectivity index (χ4v) is 2.46. The number of fused-ring (bicyclic) bond motifs is 1. The molecule has 0 unspecified atom stereocenters. The SMILES string of the molecule is COc1ccc(Nc2c(C#N)c(Cl)nc3ccccc23)cc1. The molecule has 1 heterocycles. The van der Waals surface area contributed by atoms with Crippen molar-refractivity contribution in [3.63, 3.8) is 0 Å². The second-order valence-electron chi connectivity index (χ2n) is 4.64. The highest BCUT2D eigenvalue weighted by atomic mass is 35.5. The number of nitrogens with zero attached hydrogens (tertiary/aromatic N) is 2. The van der Waals surface area contributed by atoms with Gasteiger partial charge in [0.1, 0.15) is 22.5 Å². The van der Waals surface area contributed by atoms with E-state index in [0.29, 0.717) is 11.3 Å². The summed E-state index contributed by atoms with van der Waals surface area (Å²) in [7, 11) is 1.62. The Kier molecular flexibility index (Phi) is 3.82. The lowest BCUT2D eigenvalue weighted by Gasteiger charge is -2.13. The van der Waals surface area contributed by atoms with Gasteiger partial charge in [-0.2, -0.15) is 5.26 Å².